The van der Waals surface area contributed by atoms with E-state index >= 15 is 0 Å². The lowest BCUT2D eigenvalue weighted by Crippen LogP contribution is -2.56. The maximum absolute atomic E-state index is 13.5. The van der Waals surface area contributed by atoms with E-state index in [0.717, 1.165) is 42.8 Å². The zero-order valence-electron chi connectivity index (χ0n) is 20.2. The van der Waals surface area contributed by atoms with Crippen molar-refractivity contribution in [3.05, 3.63) is 71.8 Å². The molecule has 0 radical (unpaired) electrons. The Morgan fingerprint density at radius 1 is 1.08 bits per heavy atom. The van der Waals surface area contributed by atoms with Gasteiger partial charge < -0.3 is 15.5 Å². The number of fused-ring (bicyclic) bond motifs is 4. The van der Waals surface area contributed by atoms with E-state index in [1.54, 1.807) is 29.2 Å². The van der Waals surface area contributed by atoms with Crippen molar-refractivity contribution in [2.24, 2.45) is 0 Å². The second-order valence-corrected chi connectivity index (χ2v) is 9.27. The van der Waals surface area contributed by atoms with Crippen LogP contribution in [-0.2, 0) is 17.5 Å². The number of halogens is 3. The number of alkyl halides is 3. The number of carbonyl (C=O) groups excluding carboxylic acids is 2. The number of piperidine rings is 1. The Morgan fingerprint density at radius 3 is 2.59 bits per heavy atom. The second-order valence-electron chi connectivity index (χ2n) is 9.27. The van der Waals surface area contributed by atoms with E-state index < -0.39 is 11.7 Å². The van der Waals surface area contributed by atoms with Crippen LogP contribution in [-0.4, -0.2) is 36.1 Å². The second kappa shape index (κ2) is 9.76. The number of benzene rings is 2. The summed E-state index contributed by atoms with van der Waals surface area (Å²) in [6.07, 6.45) is -2.74. The molecule has 10 heteroatoms. The average molecular weight is 510 g/mol. The lowest BCUT2D eigenvalue weighted by atomic mass is 9.99. The number of amides is 3. The third kappa shape index (κ3) is 5.23. The van der Waals surface area contributed by atoms with Gasteiger partial charge in [0, 0.05) is 37.8 Å². The van der Waals surface area contributed by atoms with Gasteiger partial charge in [0.05, 0.1) is 23.0 Å². The lowest BCUT2D eigenvalue weighted by Gasteiger charge is -2.45. The fraction of sp³-hybridized carbons (Fsp3) is 0.296. The molecule has 2 aliphatic heterocycles. The fourth-order valence-corrected chi connectivity index (χ4v) is 4.82. The van der Waals surface area contributed by atoms with E-state index in [9.17, 15) is 22.8 Å². The topological polar surface area (TPSA) is 77.6 Å². The predicted octanol–water partition coefficient (Wildman–Crippen LogP) is 5.42. The Balaban J connectivity index is 1.44. The highest BCUT2D eigenvalue weighted by molar-refractivity contribution is 6.04. The van der Waals surface area contributed by atoms with Crippen LogP contribution in [0.3, 0.4) is 0 Å². The molecule has 2 bridgehead atoms. The highest BCUT2D eigenvalue weighted by Crippen LogP contribution is 2.40. The van der Waals surface area contributed by atoms with E-state index in [4.69, 9.17) is 4.98 Å². The fourth-order valence-electron chi connectivity index (χ4n) is 4.82. The average Bonchev–Trinajstić information content (AvgIpc) is 2.88. The van der Waals surface area contributed by atoms with Crippen molar-refractivity contribution in [1.82, 2.24) is 10.3 Å². The van der Waals surface area contributed by atoms with Gasteiger partial charge in [0.25, 0.3) is 0 Å². The Hall–Kier alpha value is -4.08. The number of urea groups is 1. The van der Waals surface area contributed by atoms with Crippen molar-refractivity contribution >= 4 is 29.1 Å². The van der Waals surface area contributed by atoms with E-state index in [0.29, 0.717) is 35.9 Å². The van der Waals surface area contributed by atoms with E-state index in [-0.39, 0.29) is 18.0 Å². The van der Waals surface area contributed by atoms with Crippen LogP contribution in [0.2, 0.25) is 0 Å². The van der Waals surface area contributed by atoms with Crippen LogP contribution in [0, 0.1) is 0 Å². The maximum atomic E-state index is 13.5. The van der Waals surface area contributed by atoms with Crippen molar-refractivity contribution in [1.29, 1.82) is 0 Å². The third-order valence-corrected chi connectivity index (χ3v) is 6.64. The molecular weight excluding hydrogens is 483 g/mol. The summed E-state index contributed by atoms with van der Waals surface area (Å²) >= 11 is 0. The Morgan fingerprint density at radius 2 is 1.86 bits per heavy atom. The van der Waals surface area contributed by atoms with Gasteiger partial charge in [-0.1, -0.05) is 24.3 Å². The van der Waals surface area contributed by atoms with E-state index in [1.165, 1.54) is 13.0 Å². The molecule has 3 aromatic rings. The Bertz CT molecular complexity index is 1330. The molecule has 3 amide bonds. The summed E-state index contributed by atoms with van der Waals surface area (Å²) in [5.74, 6) is 0.310. The molecule has 5 rings (SSSR count). The molecule has 1 aromatic heterocycles. The van der Waals surface area contributed by atoms with Gasteiger partial charge >= 0.3 is 12.2 Å². The van der Waals surface area contributed by atoms with Crippen LogP contribution < -0.4 is 20.4 Å². The highest BCUT2D eigenvalue weighted by atomic mass is 19.4. The van der Waals surface area contributed by atoms with Gasteiger partial charge in [0.15, 0.2) is 5.82 Å². The number of aromatic nitrogens is 1. The molecule has 2 aromatic carbocycles. The number of carbonyl (C=O) groups is 2. The number of hydrogen-bond acceptors (Lipinski definition) is 4. The number of rotatable bonds is 4. The number of nitrogens with zero attached hydrogens (tertiary/aromatic N) is 3. The zero-order chi connectivity index (χ0) is 26.2. The number of hydrogen-bond donors (Lipinski definition) is 2. The molecule has 3 heterocycles. The van der Waals surface area contributed by atoms with Crippen molar-refractivity contribution in [3.8, 4) is 11.3 Å². The van der Waals surface area contributed by atoms with Gasteiger partial charge in [0.1, 0.15) is 0 Å². The van der Waals surface area contributed by atoms with Crippen molar-refractivity contribution < 1.29 is 22.8 Å². The number of nitrogens with one attached hydrogen (secondary N) is 2. The Kier molecular flexibility index (Phi) is 6.49. The van der Waals surface area contributed by atoms with Gasteiger partial charge in [-0.05, 0) is 54.8 Å². The molecule has 2 aliphatic rings. The molecule has 1 fully saturated rings. The summed E-state index contributed by atoms with van der Waals surface area (Å²) in [5, 5.41) is 5.66. The summed E-state index contributed by atoms with van der Waals surface area (Å²) in [7, 11) is 0. The summed E-state index contributed by atoms with van der Waals surface area (Å²) < 4.78 is 39.9. The Labute approximate surface area is 212 Å². The zero-order valence-corrected chi connectivity index (χ0v) is 20.2. The molecule has 1 saturated heterocycles. The van der Waals surface area contributed by atoms with Crippen LogP contribution >= 0.6 is 0 Å². The van der Waals surface area contributed by atoms with Gasteiger partial charge in [-0.2, -0.15) is 13.2 Å². The van der Waals surface area contributed by atoms with Gasteiger partial charge in [0.2, 0.25) is 5.91 Å². The molecule has 7 nitrogen and oxygen atoms in total. The number of anilines is 3. The molecule has 0 aliphatic carbocycles. The minimum Gasteiger partial charge on any atom is -0.366 e. The smallest absolute Gasteiger partial charge is 0.366 e. The lowest BCUT2D eigenvalue weighted by molar-refractivity contribution is -0.137. The third-order valence-electron chi connectivity index (χ3n) is 6.64. The predicted molar refractivity (Wildman–Crippen MR) is 135 cm³/mol. The van der Waals surface area contributed by atoms with Crippen LogP contribution in [0.15, 0.2) is 60.7 Å². The van der Waals surface area contributed by atoms with Gasteiger partial charge in [-0.15, -0.1) is 0 Å². The van der Waals surface area contributed by atoms with Crippen LogP contribution in [0.5, 0.6) is 0 Å². The monoisotopic (exact) mass is 509 g/mol. The molecule has 1 atom stereocenters. The largest absolute Gasteiger partial charge is 0.416 e. The maximum Gasteiger partial charge on any atom is 0.416 e. The minimum atomic E-state index is -4.46. The van der Waals surface area contributed by atoms with Crippen molar-refractivity contribution in [2.75, 3.05) is 28.2 Å². The first kappa shape index (κ1) is 24.6. The van der Waals surface area contributed by atoms with Crippen molar-refractivity contribution in [3.63, 3.8) is 0 Å². The molecule has 0 saturated carbocycles. The normalized spacial score (nSPS) is 16.7. The first-order valence-electron chi connectivity index (χ1n) is 12.1. The standard InChI is InChI=1S/C27H26F3N5O2/c1-17(36)31-15-18-7-9-21(10-8-18)32-26(37)35-22-6-3-13-34(16-22)24-12-11-23(33-25(24)35)19-4-2-5-20(14-19)27(28,29)30/h2,4-5,7-12,14,22H,3,6,13,15-16H2,1H3,(H,31,36)(H,32,37)/t22-/m0/s1. The molecular formula is C27H26F3N5O2. The van der Waals surface area contributed by atoms with Crippen LogP contribution in [0.1, 0.15) is 30.9 Å². The summed E-state index contributed by atoms with van der Waals surface area (Å²) in [5.41, 5.74) is 2.22. The van der Waals surface area contributed by atoms with E-state index in [1.807, 2.05) is 18.2 Å². The first-order valence-corrected chi connectivity index (χ1v) is 12.1. The van der Waals surface area contributed by atoms with Crippen LogP contribution in [0.25, 0.3) is 11.3 Å². The van der Waals surface area contributed by atoms with Gasteiger partial charge in [-0.3, -0.25) is 9.69 Å². The number of pyridine rings is 1. The molecule has 2 N–H and O–H groups in total. The van der Waals surface area contributed by atoms with Gasteiger partial charge in [-0.25, -0.2) is 9.78 Å². The first-order chi connectivity index (χ1) is 17.7. The van der Waals surface area contributed by atoms with E-state index in [2.05, 4.69) is 15.5 Å². The molecule has 37 heavy (non-hydrogen) atoms. The molecule has 192 valence electrons. The van der Waals surface area contributed by atoms with Crippen LogP contribution in [0.4, 0.5) is 35.2 Å². The van der Waals surface area contributed by atoms with Crippen molar-refractivity contribution in [2.45, 2.75) is 38.5 Å². The highest BCUT2D eigenvalue weighted by Gasteiger charge is 2.38. The summed E-state index contributed by atoms with van der Waals surface area (Å²) in [6.45, 7) is 3.34. The summed E-state index contributed by atoms with van der Waals surface area (Å²) in [6, 6.07) is 15.3. The quantitative estimate of drug-likeness (QED) is 0.492. The minimum absolute atomic E-state index is 0.107. The molecule has 0 unspecified atom stereocenters. The molecule has 0 spiro atoms. The SMILES string of the molecule is CC(=O)NCc1ccc(NC(=O)N2c3nc(-c4cccc(C(F)(F)F)c4)ccc3N3CCC[C@H]2C3)cc1. The summed E-state index contributed by atoms with van der Waals surface area (Å²) in [4.78, 5) is 33.2.